The van der Waals surface area contributed by atoms with Gasteiger partial charge in [0.1, 0.15) is 6.61 Å². The molecule has 1 aromatic rings. The zero-order valence-electron chi connectivity index (χ0n) is 8.67. The second-order valence-electron chi connectivity index (χ2n) is 3.26. The lowest BCUT2D eigenvalue weighted by Gasteiger charge is -2.14. The van der Waals surface area contributed by atoms with Gasteiger partial charge in [0.2, 0.25) is 5.91 Å². The van der Waals surface area contributed by atoms with Crippen LogP contribution in [0.4, 0.5) is 0 Å². The van der Waals surface area contributed by atoms with Gasteiger partial charge in [-0.2, -0.15) is 5.48 Å². The molecule has 0 aromatic heterocycles. The Morgan fingerprint density at radius 3 is 2.81 bits per heavy atom. The summed E-state index contributed by atoms with van der Waals surface area (Å²) in [5.41, 5.74) is 8.41. The standard InChI is InChI=1S/C10H12Cl2N2O2/c1-6(14-16-5-10(13)15)8-3-2-7(11)4-9(8)12/h2-4,6,14H,5H2,1H3,(H2,13,15). The molecule has 4 nitrogen and oxygen atoms in total. The zero-order valence-corrected chi connectivity index (χ0v) is 10.2. The number of hydrogen-bond donors (Lipinski definition) is 2. The highest BCUT2D eigenvalue weighted by molar-refractivity contribution is 6.35. The van der Waals surface area contributed by atoms with Crippen molar-refractivity contribution in [2.45, 2.75) is 13.0 Å². The van der Waals surface area contributed by atoms with Crippen LogP contribution in [0.1, 0.15) is 18.5 Å². The van der Waals surface area contributed by atoms with Crippen molar-refractivity contribution in [2.24, 2.45) is 5.73 Å². The van der Waals surface area contributed by atoms with Gasteiger partial charge in [-0.05, 0) is 24.6 Å². The highest BCUT2D eigenvalue weighted by Crippen LogP contribution is 2.25. The lowest BCUT2D eigenvalue weighted by molar-refractivity contribution is -0.126. The lowest BCUT2D eigenvalue weighted by atomic mass is 10.1. The second-order valence-corrected chi connectivity index (χ2v) is 4.10. The van der Waals surface area contributed by atoms with Crippen LogP contribution in [0, 0.1) is 0 Å². The van der Waals surface area contributed by atoms with E-state index in [0.717, 1.165) is 5.56 Å². The van der Waals surface area contributed by atoms with E-state index in [1.807, 2.05) is 6.92 Å². The number of hydroxylamine groups is 1. The van der Waals surface area contributed by atoms with Gasteiger partial charge in [0.05, 0.1) is 6.04 Å². The van der Waals surface area contributed by atoms with E-state index in [1.54, 1.807) is 18.2 Å². The van der Waals surface area contributed by atoms with Crippen molar-refractivity contribution in [3.8, 4) is 0 Å². The SMILES string of the molecule is CC(NOCC(N)=O)c1ccc(Cl)cc1Cl. The van der Waals surface area contributed by atoms with Crippen molar-refractivity contribution in [3.63, 3.8) is 0 Å². The van der Waals surface area contributed by atoms with Gasteiger partial charge in [-0.25, -0.2) is 0 Å². The minimum absolute atomic E-state index is 0.163. The first-order chi connectivity index (χ1) is 7.50. The van der Waals surface area contributed by atoms with Crippen LogP contribution in [0.2, 0.25) is 10.0 Å². The van der Waals surface area contributed by atoms with Crippen LogP contribution in [0.5, 0.6) is 0 Å². The van der Waals surface area contributed by atoms with Crippen LogP contribution in [0.15, 0.2) is 18.2 Å². The largest absolute Gasteiger partial charge is 0.368 e. The van der Waals surface area contributed by atoms with Crippen LogP contribution in [0.3, 0.4) is 0 Å². The first kappa shape index (κ1) is 13.3. The summed E-state index contributed by atoms with van der Waals surface area (Å²) in [6.07, 6.45) is 0. The topological polar surface area (TPSA) is 64.3 Å². The summed E-state index contributed by atoms with van der Waals surface area (Å²) in [5.74, 6) is -0.540. The van der Waals surface area contributed by atoms with Crippen LogP contribution in [0.25, 0.3) is 0 Å². The molecule has 3 N–H and O–H groups in total. The Hall–Kier alpha value is -0.810. The van der Waals surface area contributed by atoms with Gasteiger partial charge in [-0.15, -0.1) is 0 Å². The van der Waals surface area contributed by atoms with Crippen molar-refractivity contribution in [2.75, 3.05) is 6.61 Å². The molecule has 0 heterocycles. The Morgan fingerprint density at radius 1 is 1.56 bits per heavy atom. The molecule has 1 atom stereocenters. The van der Waals surface area contributed by atoms with E-state index in [0.29, 0.717) is 10.0 Å². The third kappa shape index (κ3) is 3.98. The molecule has 0 aliphatic rings. The fraction of sp³-hybridized carbons (Fsp3) is 0.300. The number of nitrogens with one attached hydrogen (secondary N) is 1. The summed E-state index contributed by atoms with van der Waals surface area (Å²) >= 11 is 11.8. The fourth-order valence-electron chi connectivity index (χ4n) is 1.15. The molecule has 0 spiro atoms. The number of benzene rings is 1. The van der Waals surface area contributed by atoms with Gasteiger partial charge in [-0.3, -0.25) is 9.63 Å². The predicted molar refractivity (Wildman–Crippen MR) is 63.2 cm³/mol. The molecular weight excluding hydrogens is 251 g/mol. The van der Waals surface area contributed by atoms with E-state index in [-0.39, 0.29) is 12.6 Å². The molecule has 1 aromatic carbocycles. The van der Waals surface area contributed by atoms with E-state index in [4.69, 9.17) is 33.8 Å². The minimum Gasteiger partial charge on any atom is -0.368 e. The third-order valence-electron chi connectivity index (χ3n) is 1.90. The number of carbonyl (C=O) groups is 1. The quantitative estimate of drug-likeness (QED) is 0.799. The van der Waals surface area contributed by atoms with Gasteiger partial charge in [0.15, 0.2) is 0 Å². The Kier molecular flexibility index (Phi) is 5.02. The number of hydrogen-bond acceptors (Lipinski definition) is 3. The Balaban J connectivity index is 2.58. The maximum absolute atomic E-state index is 10.4. The molecule has 6 heteroatoms. The maximum atomic E-state index is 10.4. The van der Waals surface area contributed by atoms with E-state index in [9.17, 15) is 4.79 Å². The van der Waals surface area contributed by atoms with Gasteiger partial charge >= 0.3 is 0 Å². The average Bonchev–Trinajstić information content (AvgIpc) is 2.16. The van der Waals surface area contributed by atoms with Gasteiger partial charge in [0.25, 0.3) is 0 Å². The molecule has 0 aliphatic heterocycles. The molecular formula is C10H12Cl2N2O2. The molecule has 0 saturated heterocycles. The van der Waals surface area contributed by atoms with Crippen molar-refractivity contribution in [1.82, 2.24) is 5.48 Å². The maximum Gasteiger partial charge on any atom is 0.245 e. The number of rotatable bonds is 5. The first-order valence-electron chi connectivity index (χ1n) is 4.61. The van der Waals surface area contributed by atoms with E-state index in [2.05, 4.69) is 5.48 Å². The van der Waals surface area contributed by atoms with Crippen molar-refractivity contribution in [3.05, 3.63) is 33.8 Å². The molecule has 1 rings (SSSR count). The molecule has 16 heavy (non-hydrogen) atoms. The van der Waals surface area contributed by atoms with Gasteiger partial charge in [-0.1, -0.05) is 29.3 Å². The first-order valence-corrected chi connectivity index (χ1v) is 5.37. The van der Waals surface area contributed by atoms with E-state index >= 15 is 0 Å². The van der Waals surface area contributed by atoms with Gasteiger partial charge < -0.3 is 5.73 Å². The van der Waals surface area contributed by atoms with Crippen LogP contribution < -0.4 is 11.2 Å². The summed E-state index contributed by atoms with van der Waals surface area (Å²) in [6.45, 7) is 1.66. The van der Waals surface area contributed by atoms with E-state index in [1.165, 1.54) is 0 Å². The molecule has 0 radical (unpaired) electrons. The molecule has 1 amide bonds. The minimum atomic E-state index is -0.540. The zero-order chi connectivity index (χ0) is 12.1. The predicted octanol–water partition coefficient (Wildman–Crippen LogP) is 2.06. The van der Waals surface area contributed by atoms with Crippen molar-refractivity contribution < 1.29 is 9.63 Å². The average molecular weight is 263 g/mol. The summed E-state index contributed by atoms with van der Waals surface area (Å²) in [5, 5.41) is 1.11. The normalized spacial score (nSPS) is 12.4. The number of primary amides is 1. The lowest BCUT2D eigenvalue weighted by Crippen LogP contribution is -2.26. The highest BCUT2D eigenvalue weighted by Gasteiger charge is 2.10. The summed E-state index contributed by atoms with van der Waals surface area (Å²) in [6, 6.07) is 5.00. The number of halogens is 2. The Labute approximate surface area is 104 Å². The van der Waals surface area contributed by atoms with Gasteiger partial charge in [0, 0.05) is 10.0 Å². The van der Waals surface area contributed by atoms with Crippen LogP contribution in [-0.4, -0.2) is 12.5 Å². The Bertz CT molecular complexity index is 385. The highest BCUT2D eigenvalue weighted by atomic mass is 35.5. The summed E-state index contributed by atoms with van der Waals surface area (Å²) < 4.78 is 0. The Morgan fingerprint density at radius 2 is 2.25 bits per heavy atom. The smallest absolute Gasteiger partial charge is 0.245 e. The molecule has 1 unspecified atom stereocenters. The second kappa shape index (κ2) is 6.06. The molecule has 0 bridgehead atoms. The number of amides is 1. The van der Waals surface area contributed by atoms with Crippen LogP contribution in [-0.2, 0) is 9.63 Å². The molecule has 0 aliphatic carbocycles. The van der Waals surface area contributed by atoms with E-state index < -0.39 is 5.91 Å². The summed E-state index contributed by atoms with van der Waals surface area (Å²) in [7, 11) is 0. The number of nitrogens with two attached hydrogens (primary N) is 1. The number of carbonyl (C=O) groups excluding carboxylic acids is 1. The summed E-state index contributed by atoms with van der Waals surface area (Å²) in [4.78, 5) is 15.3. The molecule has 0 fully saturated rings. The van der Waals surface area contributed by atoms with Crippen LogP contribution >= 0.6 is 23.2 Å². The fourth-order valence-corrected chi connectivity index (χ4v) is 1.73. The monoisotopic (exact) mass is 262 g/mol. The molecule has 88 valence electrons. The van der Waals surface area contributed by atoms with Crippen molar-refractivity contribution in [1.29, 1.82) is 0 Å². The molecule has 0 saturated carbocycles. The third-order valence-corrected chi connectivity index (χ3v) is 2.47. The van der Waals surface area contributed by atoms with Crippen molar-refractivity contribution >= 4 is 29.1 Å².